The van der Waals surface area contributed by atoms with Gasteiger partial charge in [-0.05, 0) is 12.1 Å². The summed E-state index contributed by atoms with van der Waals surface area (Å²) in [4.78, 5) is 20.1. The van der Waals surface area contributed by atoms with Crippen molar-refractivity contribution in [3.05, 3.63) is 67.0 Å². The summed E-state index contributed by atoms with van der Waals surface area (Å²) in [5.41, 5.74) is 2.59. The molecule has 3 rings (SSSR count). The van der Waals surface area contributed by atoms with Crippen LogP contribution in [-0.2, 0) is 4.79 Å². The first kappa shape index (κ1) is 16.9. The SMILES string of the molecule is O=C(CCCl)Oc1cccc(Nc2cc(-c3ccccc3)ncn2)c1. The van der Waals surface area contributed by atoms with Gasteiger partial charge < -0.3 is 10.1 Å². The Kier molecular flexibility index (Phi) is 5.59. The molecule has 0 fully saturated rings. The molecule has 3 aromatic rings. The Hall–Kier alpha value is -2.92. The Bertz CT molecular complexity index is 856. The molecule has 0 bridgehead atoms. The second-order valence-electron chi connectivity index (χ2n) is 5.22. The van der Waals surface area contributed by atoms with Gasteiger partial charge in [-0.3, -0.25) is 4.79 Å². The molecule has 2 aromatic carbocycles. The maximum Gasteiger partial charge on any atom is 0.312 e. The molecule has 0 aliphatic rings. The Morgan fingerprint density at radius 3 is 2.68 bits per heavy atom. The number of halogens is 1. The summed E-state index contributed by atoms with van der Waals surface area (Å²) >= 11 is 5.54. The van der Waals surface area contributed by atoms with Crippen LogP contribution < -0.4 is 10.1 Å². The molecular weight excluding hydrogens is 338 g/mol. The third kappa shape index (κ3) is 4.78. The van der Waals surface area contributed by atoms with Crippen molar-refractivity contribution in [2.75, 3.05) is 11.2 Å². The largest absolute Gasteiger partial charge is 0.426 e. The van der Waals surface area contributed by atoms with Crippen molar-refractivity contribution in [1.29, 1.82) is 0 Å². The number of benzene rings is 2. The summed E-state index contributed by atoms with van der Waals surface area (Å²) in [5.74, 6) is 0.982. The molecule has 0 amide bonds. The Morgan fingerprint density at radius 1 is 1.04 bits per heavy atom. The number of rotatable bonds is 6. The van der Waals surface area contributed by atoms with Crippen molar-refractivity contribution < 1.29 is 9.53 Å². The van der Waals surface area contributed by atoms with Crippen molar-refractivity contribution in [2.45, 2.75) is 6.42 Å². The van der Waals surface area contributed by atoms with Gasteiger partial charge in [-0.15, -0.1) is 11.6 Å². The number of nitrogens with one attached hydrogen (secondary N) is 1. The molecule has 5 nitrogen and oxygen atoms in total. The first-order valence-corrected chi connectivity index (χ1v) is 8.29. The predicted octanol–water partition coefficient (Wildman–Crippen LogP) is 4.42. The normalized spacial score (nSPS) is 10.3. The summed E-state index contributed by atoms with van der Waals surface area (Å²) in [6.45, 7) is 0. The average molecular weight is 354 g/mol. The molecule has 0 atom stereocenters. The first-order chi connectivity index (χ1) is 12.2. The number of hydrogen-bond acceptors (Lipinski definition) is 5. The molecule has 0 unspecified atom stereocenters. The molecule has 0 saturated carbocycles. The second kappa shape index (κ2) is 8.26. The smallest absolute Gasteiger partial charge is 0.312 e. The minimum absolute atomic E-state index is 0.172. The minimum Gasteiger partial charge on any atom is -0.426 e. The van der Waals surface area contributed by atoms with E-state index in [1.54, 1.807) is 18.2 Å². The van der Waals surface area contributed by atoms with Crippen LogP contribution in [0.5, 0.6) is 5.75 Å². The Balaban J connectivity index is 1.75. The maximum absolute atomic E-state index is 11.5. The van der Waals surface area contributed by atoms with Gasteiger partial charge in [0.2, 0.25) is 0 Å². The fourth-order valence-electron chi connectivity index (χ4n) is 2.24. The third-order valence-corrected chi connectivity index (χ3v) is 3.56. The molecule has 0 saturated heterocycles. The van der Waals surface area contributed by atoms with Crippen molar-refractivity contribution in [2.24, 2.45) is 0 Å². The zero-order valence-electron chi connectivity index (χ0n) is 13.4. The fraction of sp³-hybridized carbons (Fsp3) is 0.105. The van der Waals surface area contributed by atoms with Gasteiger partial charge >= 0.3 is 5.97 Å². The summed E-state index contributed by atoms with van der Waals surface area (Å²) < 4.78 is 5.23. The quantitative estimate of drug-likeness (QED) is 0.403. The second-order valence-corrected chi connectivity index (χ2v) is 5.60. The van der Waals surface area contributed by atoms with Gasteiger partial charge in [0, 0.05) is 29.3 Å². The number of carbonyl (C=O) groups is 1. The van der Waals surface area contributed by atoms with E-state index < -0.39 is 0 Å². The van der Waals surface area contributed by atoms with E-state index in [1.807, 2.05) is 42.5 Å². The number of alkyl halides is 1. The summed E-state index contributed by atoms with van der Waals surface area (Å²) in [7, 11) is 0. The zero-order valence-corrected chi connectivity index (χ0v) is 14.1. The summed E-state index contributed by atoms with van der Waals surface area (Å²) in [6, 6.07) is 18.8. The number of carbonyl (C=O) groups excluding carboxylic acids is 1. The molecule has 0 radical (unpaired) electrons. The Morgan fingerprint density at radius 2 is 1.88 bits per heavy atom. The lowest BCUT2D eigenvalue weighted by Crippen LogP contribution is -2.08. The molecule has 25 heavy (non-hydrogen) atoms. The van der Waals surface area contributed by atoms with E-state index in [0.717, 1.165) is 16.9 Å². The van der Waals surface area contributed by atoms with Crippen LogP contribution in [0.15, 0.2) is 67.0 Å². The van der Waals surface area contributed by atoms with Crippen LogP contribution in [0.4, 0.5) is 11.5 Å². The van der Waals surface area contributed by atoms with Gasteiger partial charge in [-0.25, -0.2) is 9.97 Å². The number of hydrogen-bond donors (Lipinski definition) is 1. The standard InChI is InChI=1S/C19H16ClN3O2/c20-10-9-19(24)25-16-8-4-7-15(11-16)23-18-12-17(21-13-22-18)14-5-2-1-3-6-14/h1-8,11-13H,9-10H2,(H,21,22,23). The highest BCUT2D eigenvalue weighted by Gasteiger charge is 2.06. The Labute approximate surface area is 150 Å². The van der Waals surface area contributed by atoms with Crippen LogP contribution in [0.3, 0.4) is 0 Å². The van der Waals surface area contributed by atoms with E-state index in [9.17, 15) is 4.79 Å². The van der Waals surface area contributed by atoms with Crippen LogP contribution in [0.1, 0.15) is 6.42 Å². The van der Waals surface area contributed by atoms with E-state index in [-0.39, 0.29) is 18.3 Å². The highest BCUT2D eigenvalue weighted by molar-refractivity contribution is 6.18. The lowest BCUT2D eigenvalue weighted by atomic mass is 10.1. The van der Waals surface area contributed by atoms with E-state index in [1.165, 1.54) is 6.33 Å². The van der Waals surface area contributed by atoms with Crippen LogP contribution in [0.2, 0.25) is 0 Å². The van der Waals surface area contributed by atoms with Crippen molar-refractivity contribution in [3.63, 3.8) is 0 Å². The van der Waals surface area contributed by atoms with Crippen LogP contribution in [0.25, 0.3) is 11.3 Å². The number of anilines is 2. The minimum atomic E-state index is -0.361. The van der Waals surface area contributed by atoms with Gasteiger partial charge in [0.1, 0.15) is 17.9 Å². The average Bonchev–Trinajstić information content (AvgIpc) is 2.63. The van der Waals surface area contributed by atoms with Crippen LogP contribution >= 0.6 is 11.6 Å². The fourth-order valence-corrected chi connectivity index (χ4v) is 2.39. The number of nitrogens with zero attached hydrogens (tertiary/aromatic N) is 2. The van der Waals surface area contributed by atoms with Crippen molar-refractivity contribution in [1.82, 2.24) is 9.97 Å². The topological polar surface area (TPSA) is 64.1 Å². The van der Waals surface area contributed by atoms with Gasteiger partial charge in [0.15, 0.2) is 0 Å². The first-order valence-electron chi connectivity index (χ1n) is 7.76. The molecule has 126 valence electrons. The number of esters is 1. The van der Waals surface area contributed by atoms with Crippen LogP contribution in [0, 0.1) is 0 Å². The summed E-state index contributed by atoms with van der Waals surface area (Å²) in [5, 5.41) is 3.19. The van der Waals surface area contributed by atoms with Gasteiger partial charge in [0.25, 0.3) is 0 Å². The molecule has 1 aromatic heterocycles. The van der Waals surface area contributed by atoms with Crippen LogP contribution in [-0.4, -0.2) is 21.8 Å². The molecule has 0 spiro atoms. The number of ether oxygens (including phenoxy) is 1. The van der Waals surface area contributed by atoms with Crippen molar-refractivity contribution in [3.8, 4) is 17.0 Å². The monoisotopic (exact) mass is 353 g/mol. The van der Waals surface area contributed by atoms with E-state index in [4.69, 9.17) is 16.3 Å². The van der Waals surface area contributed by atoms with Crippen molar-refractivity contribution >= 4 is 29.1 Å². The lowest BCUT2D eigenvalue weighted by molar-refractivity contribution is -0.133. The lowest BCUT2D eigenvalue weighted by Gasteiger charge is -2.09. The molecule has 1 N–H and O–H groups in total. The van der Waals surface area contributed by atoms with E-state index in [2.05, 4.69) is 15.3 Å². The predicted molar refractivity (Wildman–Crippen MR) is 98.2 cm³/mol. The molecule has 0 aliphatic heterocycles. The molecular formula is C19H16ClN3O2. The van der Waals surface area contributed by atoms with Gasteiger partial charge in [0.05, 0.1) is 12.1 Å². The third-order valence-electron chi connectivity index (χ3n) is 3.37. The molecule has 1 heterocycles. The zero-order chi connectivity index (χ0) is 17.5. The summed E-state index contributed by atoms with van der Waals surface area (Å²) in [6.07, 6.45) is 1.68. The highest BCUT2D eigenvalue weighted by atomic mass is 35.5. The molecule has 6 heteroatoms. The van der Waals surface area contributed by atoms with E-state index in [0.29, 0.717) is 11.6 Å². The molecule has 0 aliphatic carbocycles. The highest BCUT2D eigenvalue weighted by Crippen LogP contribution is 2.23. The maximum atomic E-state index is 11.5. The van der Waals surface area contributed by atoms with E-state index >= 15 is 0 Å². The van der Waals surface area contributed by atoms with Gasteiger partial charge in [-0.2, -0.15) is 0 Å². The number of aromatic nitrogens is 2. The van der Waals surface area contributed by atoms with Gasteiger partial charge in [-0.1, -0.05) is 36.4 Å².